The van der Waals surface area contributed by atoms with E-state index in [1.807, 2.05) is 0 Å². The van der Waals surface area contributed by atoms with Crippen molar-refractivity contribution in [3.63, 3.8) is 0 Å². The Balaban J connectivity index is 6.73. The standard InChI is InChI=1S/C7H13NO9S2/c1-8(2,3)7(6(11)12,19(15,16)17)18(13,14)4-5(9)10/h4H2,1-3H3,(H2-,9,10,11,12,15,16,17)/p+1. The average Bonchev–Trinajstić information content (AvgIpc) is 1.91. The van der Waals surface area contributed by atoms with E-state index in [0.717, 1.165) is 21.1 Å². The van der Waals surface area contributed by atoms with Gasteiger partial charge in [-0.15, -0.1) is 0 Å². The Bertz CT molecular complexity index is 597. The summed E-state index contributed by atoms with van der Waals surface area (Å²) < 4.78 is 50.6. The largest absolute Gasteiger partial charge is 0.480 e. The molecule has 0 saturated heterocycles. The lowest BCUT2D eigenvalue weighted by Gasteiger charge is -2.38. The Morgan fingerprint density at radius 3 is 1.58 bits per heavy atom. The van der Waals surface area contributed by atoms with Gasteiger partial charge in [0.25, 0.3) is 0 Å². The number of sulfone groups is 1. The number of carbonyl (C=O) groups is 2. The molecule has 0 fully saturated rings. The van der Waals surface area contributed by atoms with Crippen molar-refractivity contribution < 1.29 is 45.7 Å². The number of likely N-dealkylation sites (N-methyl/N-ethyl adjacent to an activating group) is 1. The van der Waals surface area contributed by atoms with Crippen molar-refractivity contribution in [2.24, 2.45) is 0 Å². The van der Waals surface area contributed by atoms with Gasteiger partial charge in [0.2, 0.25) is 9.84 Å². The minimum absolute atomic E-state index is 0.890. The van der Waals surface area contributed by atoms with E-state index in [9.17, 15) is 26.4 Å². The van der Waals surface area contributed by atoms with Crippen LogP contribution in [0.1, 0.15) is 0 Å². The molecule has 0 bridgehead atoms. The van der Waals surface area contributed by atoms with Crippen LogP contribution in [0.5, 0.6) is 0 Å². The first kappa shape index (κ1) is 17.8. The molecule has 1 atom stereocenters. The van der Waals surface area contributed by atoms with Gasteiger partial charge in [-0.1, -0.05) is 0 Å². The molecule has 19 heavy (non-hydrogen) atoms. The zero-order valence-electron chi connectivity index (χ0n) is 10.3. The van der Waals surface area contributed by atoms with Crippen molar-refractivity contribution in [3.8, 4) is 0 Å². The van der Waals surface area contributed by atoms with E-state index in [-0.39, 0.29) is 0 Å². The molecule has 112 valence electrons. The van der Waals surface area contributed by atoms with Crippen LogP contribution in [0.25, 0.3) is 0 Å². The molecule has 1 unspecified atom stereocenters. The molecule has 12 heteroatoms. The fraction of sp³-hybridized carbons (Fsp3) is 0.714. The Labute approximate surface area is 109 Å². The summed E-state index contributed by atoms with van der Waals surface area (Å²) in [5.74, 6) is -6.08. The van der Waals surface area contributed by atoms with E-state index in [0.29, 0.717) is 0 Å². The maximum atomic E-state index is 11.9. The van der Waals surface area contributed by atoms with Gasteiger partial charge in [-0.25, -0.2) is 13.2 Å². The summed E-state index contributed by atoms with van der Waals surface area (Å²) in [5.41, 5.74) is 0. The molecule has 10 nitrogen and oxygen atoms in total. The number of aliphatic carboxylic acids is 2. The summed E-state index contributed by atoms with van der Waals surface area (Å²) in [5, 5.41) is 17.5. The van der Waals surface area contributed by atoms with Crippen LogP contribution in [0.3, 0.4) is 0 Å². The van der Waals surface area contributed by atoms with Crippen LogP contribution in [-0.2, 0) is 29.5 Å². The van der Waals surface area contributed by atoms with Crippen molar-refractivity contribution in [3.05, 3.63) is 0 Å². The fourth-order valence-corrected chi connectivity index (χ4v) is 5.71. The predicted molar refractivity (Wildman–Crippen MR) is 61.4 cm³/mol. The molecule has 3 N–H and O–H groups in total. The molecule has 0 heterocycles. The van der Waals surface area contributed by atoms with Crippen molar-refractivity contribution in [1.29, 1.82) is 0 Å². The second-order valence-corrected chi connectivity index (χ2v) is 8.44. The summed E-state index contributed by atoms with van der Waals surface area (Å²) in [6, 6.07) is 0. The highest BCUT2D eigenvalue weighted by atomic mass is 32.3. The second kappa shape index (κ2) is 4.70. The Hall–Kier alpha value is -1.24. The fourth-order valence-electron chi connectivity index (χ4n) is 1.71. The molecular formula is C7H14NO9S2+. The van der Waals surface area contributed by atoms with Crippen LogP contribution in [0, 0.1) is 0 Å². The highest BCUT2D eigenvalue weighted by Gasteiger charge is 2.72. The van der Waals surface area contributed by atoms with Gasteiger partial charge in [0, 0.05) is 0 Å². The Kier molecular flexibility index (Phi) is 4.39. The maximum absolute atomic E-state index is 11.9. The Morgan fingerprint density at radius 2 is 1.42 bits per heavy atom. The van der Waals surface area contributed by atoms with Gasteiger partial charge in [0.15, 0.2) is 5.75 Å². The lowest BCUT2D eigenvalue weighted by molar-refractivity contribution is -0.883. The molecule has 0 aliphatic heterocycles. The third-order valence-corrected chi connectivity index (χ3v) is 7.25. The highest BCUT2D eigenvalue weighted by molar-refractivity contribution is 8.09. The van der Waals surface area contributed by atoms with Crippen LogP contribution < -0.4 is 0 Å². The van der Waals surface area contributed by atoms with Crippen LogP contribution in [0.4, 0.5) is 0 Å². The van der Waals surface area contributed by atoms with Crippen molar-refractivity contribution in [2.75, 3.05) is 26.9 Å². The normalized spacial score (nSPS) is 16.6. The van der Waals surface area contributed by atoms with E-state index in [1.54, 1.807) is 0 Å². The second-order valence-electron chi connectivity index (χ2n) is 4.53. The molecule has 0 spiro atoms. The number of nitrogens with zero attached hydrogens (tertiary/aromatic N) is 1. The summed E-state index contributed by atoms with van der Waals surface area (Å²) in [7, 11) is -8.26. The van der Waals surface area contributed by atoms with Crippen molar-refractivity contribution in [2.45, 2.75) is 4.20 Å². The predicted octanol–water partition coefficient (Wildman–Crippen LogP) is -2.18. The SMILES string of the molecule is C[N+](C)(C)C(C(=O)O)(S(=O)(=O)O)S(=O)(=O)CC(=O)O. The molecule has 0 aromatic carbocycles. The highest BCUT2D eigenvalue weighted by Crippen LogP contribution is 2.32. The molecule has 0 aliphatic carbocycles. The lowest BCUT2D eigenvalue weighted by atomic mass is 10.5. The van der Waals surface area contributed by atoms with Crippen LogP contribution in [0.2, 0.25) is 0 Å². The third kappa shape index (κ3) is 2.70. The number of hydrogen-bond donors (Lipinski definition) is 3. The molecule has 0 aromatic rings. The molecular weight excluding hydrogens is 306 g/mol. The van der Waals surface area contributed by atoms with Gasteiger partial charge in [-0.2, -0.15) is 8.42 Å². The lowest BCUT2D eigenvalue weighted by Crippen LogP contribution is -2.71. The zero-order chi connectivity index (χ0) is 15.9. The monoisotopic (exact) mass is 320 g/mol. The van der Waals surface area contributed by atoms with Gasteiger partial charge < -0.3 is 10.2 Å². The van der Waals surface area contributed by atoms with E-state index in [2.05, 4.69) is 0 Å². The number of quaternary nitrogens is 1. The molecule has 0 saturated carbocycles. The molecule has 0 rings (SSSR count). The Morgan fingerprint density at radius 1 is 1.05 bits per heavy atom. The van der Waals surface area contributed by atoms with Crippen molar-refractivity contribution in [1.82, 2.24) is 0 Å². The average molecular weight is 320 g/mol. The van der Waals surface area contributed by atoms with Gasteiger partial charge >= 0.3 is 26.3 Å². The summed E-state index contributed by atoms with van der Waals surface area (Å²) in [6.07, 6.45) is 0. The molecule has 0 amide bonds. The van der Waals surface area contributed by atoms with Crippen LogP contribution >= 0.6 is 0 Å². The molecule has 0 radical (unpaired) electrons. The summed E-state index contributed by atoms with van der Waals surface area (Å²) in [6.45, 7) is 0. The summed E-state index contributed by atoms with van der Waals surface area (Å²) >= 11 is 0. The van der Waals surface area contributed by atoms with E-state index in [1.165, 1.54) is 0 Å². The maximum Gasteiger partial charge on any atom is 0.419 e. The minimum Gasteiger partial charge on any atom is -0.480 e. The van der Waals surface area contributed by atoms with Gasteiger partial charge in [-0.05, 0) is 0 Å². The first-order valence-electron chi connectivity index (χ1n) is 4.57. The van der Waals surface area contributed by atoms with Gasteiger partial charge in [0.05, 0.1) is 21.1 Å². The van der Waals surface area contributed by atoms with Crippen molar-refractivity contribution >= 4 is 31.9 Å². The smallest absolute Gasteiger partial charge is 0.419 e. The molecule has 0 aliphatic rings. The number of carboxylic acid groups (broad SMARTS) is 2. The van der Waals surface area contributed by atoms with Gasteiger partial charge in [-0.3, -0.25) is 13.8 Å². The van der Waals surface area contributed by atoms with Crippen LogP contribution in [0.15, 0.2) is 0 Å². The third-order valence-electron chi connectivity index (χ3n) is 2.24. The quantitative estimate of drug-likeness (QED) is 0.364. The molecule has 0 aromatic heterocycles. The topological polar surface area (TPSA) is 163 Å². The number of carboxylic acids is 2. The van der Waals surface area contributed by atoms with E-state index in [4.69, 9.17) is 14.8 Å². The minimum atomic E-state index is -5.67. The van der Waals surface area contributed by atoms with Crippen LogP contribution in [-0.4, -0.2) is 79.1 Å². The van der Waals surface area contributed by atoms with E-state index >= 15 is 0 Å². The number of rotatable bonds is 6. The summed E-state index contributed by atoms with van der Waals surface area (Å²) in [4.78, 5) is 21.7. The number of hydrogen-bond acceptors (Lipinski definition) is 6. The first-order chi connectivity index (χ1) is 8.11. The van der Waals surface area contributed by atoms with Gasteiger partial charge in [0.1, 0.15) is 0 Å². The first-order valence-corrected chi connectivity index (χ1v) is 7.66. The van der Waals surface area contributed by atoms with E-state index < -0.39 is 46.3 Å². The zero-order valence-corrected chi connectivity index (χ0v) is 11.9.